The fourth-order valence-corrected chi connectivity index (χ4v) is 3.70. The van der Waals surface area contributed by atoms with Crippen molar-refractivity contribution in [2.24, 2.45) is 0 Å². The van der Waals surface area contributed by atoms with Crippen LogP contribution in [0.2, 0.25) is 0 Å². The molecule has 3 rings (SSSR count). The number of methoxy groups -OCH3 is 3. The van der Waals surface area contributed by atoms with Crippen LogP contribution in [0.25, 0.3) is 0 Å². The first kappa shape index (κ1) is 20.7. The Labute approximate surface area is 165 Å². The molecule has 3 heterocycles. The molecule has 2 fully saturated rings. The van der Waals surface area contributed by atoms with Crippen LogP contribution < -0.4 is 4.74 Å². The molecule has 2 atom stereocenters. The highest BCUT2D eigenvalue weighted by Gasteiger charge is 2.61. The number of aromatic nitrogens is 1. The van der Waals surface area contributed by atoms with E-state index in [0.717, 1.165) is 18.5 Å². The van der Waals surface area contributed by atoms with Crippen LogP contribution in [0.3, 0.4) is 0 Å². The van der Waals surface area contributed by atoms with Crippen LogP contribution in [0.5, 0.6) is 5.75 Å². The third-order valence-corrected chi connectivity index (χ3v) is 5.14. The van der Waals surface area contributed by atoms with E-state index in [-0.39, 0.29) is 25.5 Å². The maximum Gasteiger partial charge on any atom is 0.260 e. The van der Waals surface area contributed by atoms with Crippen molar-refractivity contribution in [3.05, 3.63) is 35.7 Å². The lowest BCUT2D eigenvalue weighted by molar-refractivity contribution is -0.225. The predicted molar refractivity (Wildman–Crippen MR) is 101 cm³/mol. The fourth-order valence-electron chi connectivity index (χ4n) is 3.70. The molecule has 1 aromatic heterocycles. The van der Waals surface area contributed by atoms with Crippen LogP contribution in [0.15, 0.2) is 30.0 Å². The molecule has 8 heteroatoms. The van der Waals surface area contributed by atoms with E-state index in [1.807, 2.05) is 6.07 Å². The van der Waals surface area contributed by atoms with Crippen molar-refractivity contribution in [2.45, 2.75) is 30.9 Å². The van der Waals surface area contributed by atoms with Crippen LogP contribution >= 0.6 is 0 Å². The summed E-state index contributed by atoms with van der Waals surface area (Å²) in [7, 11) is 4.72. The lowest BCUT2D eigenvalue weighted by Gasteiger charge is -2.54. The van der Waals surface area contributed by atoms with Crippen molar-refractivity contribution in [1.82, 2.24) is 9.88 Å². The molecule has 2 aliphatic heterocycles. The Kier molecular flexibility index (Phi) is 7.01. The Morgan fingerprint density at radius 3 is 2.75 bits per heavy atom. The Morgan fingerprint density at radius 2 is 2.07 bits per heavy atom. The molecular formula is C20H28N2O6. The van der Waals surface area contributed by atoms with Crippen molar-refractivity contribution in [3.63, 3.8) is 0 Å². The van der Waals surface area contributed by atoms with Gasteiger partial charge in [0.1, 0.15) is 19.3 Å². The minimum atomic E-state index is -1.08. The standard InChI is InChI=1S/C20H28N2O6/c1-24-13-22-18(10-15-5-8-27-9-6-15)20(19(22)23,28-14-25-2)12-16-11-17(26-3)4-7-21-16/h4,7,10-11,18H,5-6,8-9,12-14H2,1-3H3/t18-,20+/m0/s1. The number of ether oxygens (including phenoxy) is 5. The topological polar surface area (TPSA) is 79.4 Å². The van der Waals surface area contributed by atoms with E-state index in [0.29, 0.717) is 25.4 Å². The number of pyridine rings is 1. The Morgan fingerprint density at radius 1 is 1.29 bits per heavy atom. The first-order chi connectivity index (χ1) is 13.6. The minimum absolute atomic E-state index is 0.0132. The third-order valence-electron chi connectivity index (χ3n) is 5.14. The molecule has 0 bridgehead atoms. The smallest absolute Gasteiger partial charge is 0.260 e. The van der Waals surface area contributed by atoms with Gasteiger partial charge in [0.25, 0.3) is 5.91 Å². The van der Waals surface area contributed by atoms with Gasteiger partial charge in [-0.1, -0.05) is 11.6 Å². The number of rotatable bonds is 9. The summed E-state index contributed by atoms with van der Waals surface area (Å²) in [4.78, 5) is 19.2. The average Bonchev–Trinajstić information content (AvgIpc) is 2.74. The van der Waals surface area contributed by atoms with Crippen LogP contribution in [-0.2, 0) is 30.2 Å². The molecule has 0 radical (unpaired) electrons. The average molecular weight is 392 g/mol. The minimum Gasteiger partial charge on any atom is -0.497 e. The van der Waals surface area contributed by atoms with E-state index < -0.39 is 5.60 Å². The van der Waals surface area contributed by atoms with Gasteiger partial charge in [-0.3, -0.25) is 9.78 Å². The van der Waals surface area contributed by atoms with Crippen molar-refractivity contribution >= 4 is 5.91 Å². The van der Waals surface area contributed by atoms with Crippen molar-refractivity contribution < 1.29 is 28.5 Å². The molecule has 28 heavy (non-hydrogen) atoms. The molecule has 8 nitrogen and oxygen atoms in total. The summed E-state index contributed by atoms with van der Waals surface area (Å²) in [5.41, 5.74) is 0.893. The zero-order valence-corrected chi connectivity index (χ0v) is 16.7. The van der Waals surface area contributed by atoms with Gasteiger partial charge < -0.3 is 28.6 Å². The molecule has 0 saturated carbocycles. The second-order valence-corrected chi connectivity index (χ2v) is 6.88. The molecular weight excluding hydrogens is 364 g/mol. The van der Waals surface area contributed by atoms with Gasteiger partial charge >= 0.3 is 0 Å². The first-order valence-electron chi connectivity index (χ1n) is 9.33. The van der Waals surface area contributed by atoms with Gasteiger partial charge in [0, 0.05) is 38.6 Å². The largest absolute Gasteiger partial charge is 0.497 e. The molecule has 0 aliphatic carbocycles. The summed E-state index contributed by atoms with van der Waals surface area (Å²) in [6, 6.07) is 3.33. The second kappa shape index (κ2) is 9.47. The van der Waals surface area contributed by atoms with Crippen molar-refractivity contribution in [3.8, 4) is 5.75 Å². The van der Waals surface area contributed by atoms with Crippen molar-refractivity contribution in [1.29, 1.82) is 0 Å². The lowest BCUT2D eigenvalue weighted by Crippen LogP contribution is -2.75. The number of hydrogen-bond donors (Lipinski definition) is 0. The fraction of sp³-hybridized carbons (Fsp3) is 0.600. The predicted octanol–water partition coefficient (Wildman–Crippen LogP) is 1.54. The second-order valence-electron chi connectivity index (χ2n) is 6.88. The molecule has 2 saturated heterocycles. The zero-order valence-electron chi connectivity index (χ0n) is 16.7. The van der Waals surface area contributed by atoms with Crippen molar-refractivity contribution in [2.75, 3.05) is 48.1 Å². The zero-order chi connectivity index (χ0) is 20.0. The molecule has 0 unspecified atom stereocenters. The number of likely N-dealkylation sites (tertiary alicyclic amines) is 1. The molecule has 2 aliphatic rings. The number of hydrogen-bond acceptors (Lipinski definition) is 7. The van der Waals surface area contributed by atoms with Gasteiger partial charge in [-0.25, -0.2) is 0 Å². The van der Waals surface area contributed by atoms with E-state index in [9.17, 15) is 4.79 Å². The normalized spacial score (nSPS) is 24.8. The van der Waals surface area contributed by atoms with Gasteiger partial charge in [-0.15, -0.1) is 0 Å². The van der Waals surface area contributed by atoms with Gasteiger partial charge in [0.2, 0.25) is 0 Å². The van der Waals surface area contributed by atoms with E-state index in [4.69, 9.17) is 23.7 Å². The summed E-state index contributed by atoms with van der Waals surface area (Å²) in [5, 5.41) is 0. The summed E-state index contributed by atoms with van der Waals surface area (Å²) < 4.78 is 27.1. The molecule has 0 N–H and O–H groups in total. The quantitative estimate of drug-likeness (QED) is 0.358. The van der Waals surface area contributed by atoms with Gasteiger partial charge in [-0.05, 0) is 18.9 Å². The molecule has 1 aromatic rings. The highest BCUT2D eigenvalue weighted by Crippen LogP contribution is 2.40. The van der Waals surface area contributed by atoms with E-state index >= 15 is 0 Å². The third kappa shape index (κ3) is 4.20. The molecule has 154 valence electrons. The van der Waals surface area contributed by atoms with Crippen LogP contribution in [0.1, 0.15) is 18.5 Å². The SMILES string of the molecule is COCO[C@@]1(Cc2cc(OC)ccn2)C(=O)N(COC)[C@H]1C=C1CCOCC1. The number of nitrogens with zero attached hydrogens (tertiary/aromatic N) is 2. The first-order valence-corrected chi connectivity index (χ1v) is 9.33. The number of carbonyl (C=O) groups excluding carboxylic acids is 1. The monoisotopic (exact) mass is 392 g/mol. The summed E-state index contributed by atoms with van der Waals surface area (Å²) in [5.74, 6) is 0.552. The summed E-state index contributed by atoms with van der Waals surface area (Å²) >= 11 is 0. The maximum absolute atomic E-state index is 13.1. The molecule has 0 spiro atoms. The number of β-lactam (4-membered cyclic amide) rings is 1. The lowest BCUT2D eigenvalue weighted by atomic mass is 9.77. The molecule has 1 amide bonds. The summed E-state index contributed by atoms with van der Waals surface area (Å²) in [6.07, 6.45) is 5.81. The van der Waals surface area contributed by atoms with E-state index in [1.165, 1.54) is 5.57 Å². The highest BCUT2D eigenvalue weighted by molar-refractivity contribution is 5.94. The number of amides is 1. The van der Waals surface area contributed by atoms with Crippen LogP contribution in [0.4, 0.5) is 0 Å². The van der Waals surface area contributed by atoms with Gasteiger partial charge in [-0.2, -0.15) is 0 Å². The number of carbonyl (C=O) groups is 1. The van der Waals surface area contributed by atoms with Gasteiger partial charge in [0.15, 0.2) is 5.60 Å². The van der Waals surface area contributed by atoms with Crippen LogP contribution in [0, 0.1) is 0 Å². The highest BCUT2D eigenvalue weighted by atomic mass is 16.7. The molecule has 0 aromatic carbocycles. The van der Waals surface area contributed by atoms with E-state index in [2.05, 4.69) is 11.1 Å². The Hall–Kier alpha value is -2.00. The Balaban J connectivity index is 1.93. The van der Waals surface area contributed by atoms with E-state index in [1.54, 1.807) is 38.5 Å². The maximum atomic E-state index is 13.1. The van der Waals surface area contributed by atoms with Crippen LogP contribution in [-0.4, -0.2) is 75.5 Å². The van der Waals surface area contributed by atoms with Gasteiger partial charge in [0.05, 0.1) is 26.4 Å². The summed E-state index contributed by atoms with van der Waals surface area (Å²) in [6.45, 7) is 1.60. The Bertz CT molecular complexity index is 702.